The molecule has 0 saturated heterocycles. The predicted octanol–water partition coefficient (Wildman–Crippen LogP) is 2.39. The number of aromatic nitrogens is 3. The van der Waals surface area contributed by atoms with Crippen LogP contribution >= 0.6 is 11.6 Å². The van der Waals surface area contributed by atoms with Gasteiger partial charge in [0.25, 0.3) is 5.91 Å². The van der Waals surface area contributed by atoms with Gasteiger partial charge < -0.3 is 5.32 Å². The number of hydrogen-bond donors (Lipinski definition) is 1. The van der Waals surface area contributed by atoms with E-state index in [0.29, 0.717) is 17.1 Å². The average Bonchev–Trinajstić information content (AvgIpc) is 2.28. The molecular weight excluding hydrogens is 252 g/mol. The molecule has 0 unspecified atom stereocenters. The van der Waals surface area contributed by atoms with E-state index in [1.54, 1.807) is 19.1 Å². The lowest BCUT2D eigenvalue weighted by Crippen LogP contribution is -2.15. The lowest BCUT2D eigenvalue weighted by atomic mass is 10.2. The van der Waals surface area contributed by atoms with E-state index in [4.69, 9.17) is 11.6 Å². The Morgan fingerprint density at radius 2 is 2.06 bits per heavy atom. The van der Waals surface area contributed by atoms with Gasteiger partial charge in [0.1, 0.15) is 17.3 Å². The molecule has 0 aliphatic rings. The first kappa shape index (κ1) is 12.4. The maximum absolute atomic E-state index is 12.0. The maximum atomic E-state index is 12.0. The highest BCUT2D eigenvalue weighted by Gasteiger charge is 2.11. The van der Waals surface area contributed by atoms with Crippen molar-refractivity contribution < 1.29 is 4.79 Å². The Kier molecular flexibility index (Phi) is 3.53. The van der Waals surface area contributed by atoms with Gasteiger partial charge in [0.15, 0.2) is 0 Å². The first-order valence-corrected chi connectivity index (χ1v) is 5.67. The van der Waals surface area contributed by atoms with Gasteiger partial charge in [-0.15, -0.1) is 0 Å². The summed E-state index contributed by atoms with van der Waals surface area (Å²) in [6, 6.07) is 5.00. The Morgan fingerprint density at radius 1 is 1.28 bits per heavy atom. The molecule has 2 aromatic rings. The smallest absolute Gasteiger partial charge is 0.258 e. The molecule has 0 radical (unpaired) electrons. The van der Waals surface area contributed by atoms with E-state index in [-0.39, 0.29) is 11.1 Å². The van der Waals surface area contributed by atoms with E-state index in [9.17, 15) is 4.79 Å². The van der Waals surface area contributed by atoms with E-state index >= 15 is 0 Å². The molecule has 0 aliphatic carbocycles. The molecule has 0 fully saturated rings. The minimum atomic E-state index is -0.269. The molecule has 92 valence electrons. The van der Waals surface area contributed by atoms with Crippen LogP contribution in [0.15, 0.2) is 24.5 Å². The lowest BCUT2D eigenvalue weighted by molar-refractivity contribution is 0.102. The number of nitrogens with one attached hydrogen (secondary N) is 1. The molecule has 2 heterocycles. The monoisotopic (exact) mass is 262 g/mol. The fraction of sp³-hybridized carbons (Fsp3) is 0.167. The predicted molar refractivity (Wildman–Crippen MR) is 68.7 cm³/mol. The van der Waals surface area contributed by atoms with E-state index < -0.39 is 0 Å². The SMILES string of the molecule is Cc1ccc(C(=O)Nc2cc(Cl)ncn2)c(C)n1. The fourth-order valence-corrected chi connectivity index (χ4v) is 1.66. The number of rotatable bonds is 2. The van der Waals surface area contributed by atoms with Gasteiger partial charge >= 0.3 is 0 Å². The first-order chi connectivity index (χ1) is 8.56. The van der Waals surface area contributed by atoms with Crippen molar-refractivity contribution in [1.29, 1.82) is 0 Å². The number of carbonyl (C=O) groups excluding carboxylic acids is 1. The molecule has 0 saturated carbocycles. The third-order valence-corrected chi connectivity index (χ3v) is 2.55. The van der Waals surface area contributed by atoms with E-state index in [1.807, 2.05) is 6.92 Å². The fourth-order valence-electron chi connectivity index (χ4n) is 1.51. The second-order valence-corrected chi connectivity index (χ2v) is 4.15. The van der Waals surface area contributed by atoms with Crippen molar-refractivity contribution in [3.8, 4) is 0 Å². The minimum Gasteiger partial charge on any atom is -0.306 e. The highest BCUT2D eigenvalue weighted by atomic mass is 35.5. The van der Waals surface area contributed by atoms with Crippen LogP contribution < -0.4 is 5.32 Å². The summed E-state index contributed by atoms with van der Waals surface area (Å²) in [5, 5.41) is 2.92. The summed E-state index contributed by atoms with van der Waals surface area (Å²) in [6.07, 6.45) is 1.29. The Morgan fingerprint density at radius 3 is 2.72 bits per heavy atom. The van der Waals surface area contributed by atoms with Crippen LogP contribution in [0.3, 0.4) is 0 Å². The summed E-state index contributed by atoms with van der Waals surface area (Å²) in [5.41, 5.74) is 2.05. The summed E-state index contributed by atoms with van der Waals surface area (Å²) in [7, 11) is 0. The van der Waals surface area contributed by atoms with Crippen LogP contribution in [0.25, 0.3) is 0 Å². The molecule has 0 bridgehead atoms. The number of amides is 1. The molecule has 18 heavy (non-hydrogen) atoms. The molecule has 0 aromatic carbocycles. The summed E-state index contributed by atoms with van der Waals surface area (Å²) in [5.74, 6) is 0.0924. The van der Waals surface area contributed by atoms with Crippen LogP contribution in [0, 0.1) is 13.8 Å². The van der Waals surface area contributed by atoms with Gasteiger partial charge in [-0.3, -0.25) is 9.78 Å². The molecule has 1 amide bonds. The van der Waals surface area contributed by atoms with E-state index in [0.717, 1.165) is 5.69 Å². The van der Waals surface area contributed by atoms with Crippen molar-refractivity contribution in [3.63, 3.8) is 0 Å². The van der Waals surface area contributed by atoms with Crippen LogP contribution in [-0.4, -0.2) is 20.9 Å². The Balaban J connectivity index is 2.22. The third kappa shape index (κ3) is 2.81. The van der Waals surface area contributed by atoms with Crippen molar-refractivity contribution in [2.45, 2.75) is 13.8 Å². The molecule has 2 aromatic heterocycles. The van der Waals surface area contributed by atoms with Crippen molar-refractivity contribution in [2.75, 3.05) is 5.32 Å². The van der Waals surface area contributed by atoms with Crippen LogP contribution in [0.2, 0.25) is 5.15 Å². The van der Waals surface area contributed by atoms with E-state index in [2.05, 4.69) is 20.3 Å². The summed E-state index contributed by atoms with van der Waals surface area (Å²) < 4.78 is 0. The average molecular weight is 263 g/mol. The Labute approximate surface area is 109 Å². The number of aryl methyl sites for hydroxylation is 2. The Hall–Kier alpha value is -2.01. The molecule has 1 N–H and O–H groups in total. The van der Waals surface area contributed by atoms with Crippen LogP contribution in [0.4, 0.5) is 5.82 Å². The van der Waals surface area contributed by atoms with Crippen molar-refractivity contribution >= 4 is 23.3 Å². The summed E-state index contributed by atoms with van der Waals surface area (Å²) in [4.78, 5) is 23.9. The lowest BCUT2D eigenvalue weighted by Gasteiger charge is -2.07. The zero-order valence-electron chi connectivity index (χ0n) is 9.94. The minimum absolute atomic E-state index is 0.269. The third-order valence-electron chi connectivity index (χ3n) is 2.34. The van der Waals surface area contributed by atoms with Crippen molar-refractivity contribution in [1.82, 2.24) is 15.0 Å². The van der Waals surface area contributed by atoms with Crippen LogP contribution in [0.1, 0.15) is 21.7 Å². The van der Waals surface area contributed by atoms with Crippen LogP contribution in [-0.2, 0) is 0 Å². The molecule has 0 atom stereocenters. The quantitative estimate of drug-likeness (QED) is 0.844. The van der Waals surface area contributed by atoms with Gasteiger partial charge in [0.05, 0.1) is 11.3 Å². The summed E-state index contributed by atoms with van der Waals surface area (Å²) in [6.45, 7) is 3.66. The van der Waals surface area contributed by atoms with Crippen molar-refractivity contribution in [2.24, 2.45) is 0 Å². The zero-order chi connectivity index (χ0) is 13.1. The van der Waals surface area contributed by atoms with Gasteiger partial charge in [-0.2, -0.15) is 0 Å². The van der Waals surface area contributed by atoms with Gasteiger partial charge in [-0.05, 0) is 26.0 Å². The molecule has 0 spiro atoms. The summed E-state index contributed by atoms with van der Waals surface area (Å²) >= 11 is 5.71. The second kappa shape index (κ2) is 5.10. The number of hydrogen-bond acceptors (Lipinski definition) is 4. The standard InChI is InChI=1S/C12H11ClN4O/c1-7-3-4-9(8(2)16-7)12(18)17-11-5-10(13)14-6-15-11/h3-6H,1-2H3,(H,14,15,17,18). The maximum Gasteiger partial charge on any atom is 0.258 e. The highest BCUT2D eigenvalue weighted by molar-refractivity contribution is 6.29. The van der Waals surface area contributed by atoms with E-state index in [1.165, 1.54) is 12.4 Å². The van der Waals surface area contributed by atoms with Gasteiger partial charge in [0.2, 0.25) is 0 Å². The molecule has 6 heteroatoms. The van der Waals surface area contributed by atoms with Crippen molar-refractivity contribution in [3.05, 3.63) is 46.6 Å². The Bertz CT molecular complexity index is 600. The van der Waals surface area contributed by atoms with Gasteiger partial charge in [0, 0.05) is 11.8 Å². The number of nitrogens with zero attached hydrogens (tertiary/aromatic N) is 3. The number of anilines is 1. The molecule has 2 rings (SSSR count). The van der Waals surface area contributed by atoms with Crippen LogP contribution in [0.5, 0.6) is 0 Å². The number of pyridine rings is 1. The zero-order valence-corrected chi connectivity index (χ0v) is 10.7. The highest BCUT2D eigenvalue weighted by Crippen LogP contribution is 2.12. The number of carbonyl (C=O) groups is 1. The number of halogens is 1. The normalized spacial score (nSPS) is 10.2. The second-order valence-electron chi connectivity index (χ2n) is 3.77. The molecule has 5 nitrogen and oxygen atoms in total. The molecular formula is C12H11ClN4O. The molecule has 0 aliphatic heterocycles. The van der Waals surface area contributed by atoms with Gasteiger partial charge in [-0.25, -0.2) is 9.97 Å². The topological polar surface area (TPSA) is 67.8 Å². The first-order valence-electron chi connectivity index (χ1n) is 5.29. The van der Waals surface area contributed by atoms with Gasteiger partial charge in [-0.1, -0.05) is 11.6 Å². The largest absolute Gasteiger partial charge is 0.306 e.